The normalized spacial score (nSPS) is 10.3. The molecule has 0 saturated carbocycles. The predicted octanol–water partition coefficient (Wildman–Crippen LogP) is -0.221. The second-order valence-corrected chi connectivity index (χ2v) is 3.65. The van der Waals surface area contributed by atoms with Crippen LogP contribution in [-0.2, 0) is 9.47 Å². The molecule has 0 atom stereocenters. The highest BCUT2D eigenvalue weighted by Crippen LogP contribution is 1.88. The molecular weight excluding hydrogens is 240 g/mol. The van der Waals surface area contributed by atoms with Gasteiger partial charge in [-0.25, -0.2) is 4.79 Å². The monoisotopic (exact) mass is 264 g/mol. The van der Waals surface area contributed by atoms with Gasteiger partial charge in [-0.05, 0) is 25.7 Å². The molecule has 0 spiro atoms. The Morgan fingerprint density at radius 2 is 1.28 bits per heavy atom. The van der Waals surface area contributed by atoms with Gasteiger partial charge in [0.15, 0.2) is 0 Å². The zero-order chi connectivity index (χ0) is 13.5. The van der Waals surface area contributed by atoms with E-state index in [1.807, 2.05) is 0 Å². The lowest BCUT2D eigenvalue weighted by Gasteiger charge is -2.08. The summed E-state index contributed by atoms with van der Waals surface area (Å²) < 4.78 is 10.2. The van der Waals surface area contributed by atoms with E-state index in [1.165, 1.54) is 0 Å². The van der Waals surface area contributed by atoms with Gasteiger partial charge in [-0.15, -0.1) is 0 Å². The van der Waals surface area contributed by atoms with E-state index in [0.717, 1.165) is 12.8 Å². The van der Waals surface area contributed by atoms with Crippen LogP contribution >= 0.6 is 0 Å². The highest BCUT2D eigenvalue weighted by atomic mass is 16.5. The topological polar surface area (TPSA) is 100 Å². The van der Waals surface area contributed by atoms with Crippen molar-refractivity contribution in [2.24, 2.45) is 0 Å². The smallest absolute Gasteiger partial charge is 0.318 e. The van der Waals surface area contributed by atoms with Gasteiger partial charge in [-0.2, -0.15) is 0 Å². The number of hydrogen-bond acceptors (Lipinski definition) is 5. The van der Waals surface area contributed by atoms with Crippen molar-refractivity contribution < 1.29 is 24.5 Å². The van der Waals surface area contributed by atoms with Gasteiger partial charge in [0.25, 0.3) is 0 Å². The van der Waals surface area contributed by atoms with Crippen molar-refractivity contribution in [3.63, 3.8) is 0 Å². The quantitative estimate of drug-likeness (QED) is 0.288. The SMILES string of the molecule is O=C(NCOCCCCO)NCOCCCCO. The molecule has 0 saturated heterocycles. The summed E-state index contributed by atoms with van der Waals surface area (Å²) in [6, 6.07) is -0.348. The number of hydrogen-bond donors (Lipinski definition) is 4. The summed E-state index contributed by atoms with van der Waals surface area (Å²) in [4.78, 5) is 11.2. The van der Waals surface area contributed by atoms with Gasteiger partial charge in [0, 0.05) is 26.4 Å². The van der Waals surface area contributed by atoms with Crippen molar-refractivity contribution in [2.75, 3.05) is 39.9 Å². The molecule has 2 amide bonds. The summed E-state index contributed by atoms with van der Waals surface area (Å²) in [5.74, 6) is 0. The number of nitrogens with one attached hydrogen (secondary N) is 2. The minimum absolute atomic E-state index is 0.141. The molecule has 0 rings (SSSR count). The molecule has 0 aromatic rings. The van der Waals surface area contributed by atoms with Gasteiger partial charge in [-0.3, -0.25) is 0 Å². The molecule has 0 bridgehead atoms. The predicted molar refractivity (Wildman–Crippen MR) is 65.9 cm³/mol. The third-order valence-corrected chi connectivity index (χ3v) is 2.06. The number of ether oxygens (including phenoxy) is 2. The van der Waals surface area contributed by atoms with Crippen LogP contribution in [0.2, 0.25) is 0 Å². The Bertz CT molecular complexity index is 174. The van der Waals surface area contributed by atoms with Crippen LogP contribution in [0.4, 0.5) is 4.79 Å². The molecule has 0 aliphatic carbocycles. The standard InChI is InChI=1S/C11H24N2O5/c14-5-1-3-7-17-9-12-11(16)13-10-18-8-4-2-6-15/h14-15H,1-10H2,(H2,12,13,16). The summed E-state index contributed by atoms with van der Waals surface area (Å²) in [6.07, 6.45) is 2.95. The molecule has 0 heterocycles. The van der Waals surface area contributed by atoms with Gasteiger partial charge in [0.05, 0.1) is 0 Å². The fourth-order valence-corrected chi connectivity index (χ4v) is 1.07. The summed E-state index contributed by atoms with van der Waals surface area (Å²) in [6.45, 7) is 1.62. The van der Waals surface area contributed by atoms with Gasteiger partial charge < -0.3 is 30.3 Å². The third-order valence-electron chi connectivity index (χ3n) is 2.06. The molecule has 0 aromatic heterocycles. The van der Waals surface area contributed by atoms with Crippen molar-refractivity contribution in [1.29, 1.82) is 0 Å². The van der Waals surface area contributed by atoms with Crippen molar-refractivity contribution >= 4 is 6.03 Å². The molecule has 108 valence electrons. The Labute approximate surface area is 107 Å². The molecule has 0 aromatic carbocycles. The zero-order valence-electron chi connectivity index (χ0n) is 10.7. The molecule has 7 nitrogen and oxygen atoms in total. The maximum absolute atomic E-state index is 11.2. The van der Waals surface area contributed by atoms with E-state index < -0.39 is 0 Å². The number of carbonyl (C=O) groups excluding carboxylic acids is 1. The second kappa shape index (κ2) is 14.2. The van der Waals surface area contributed by atoms with E-state index in [1.54, 1.807) is 0 Å². The molecule has 0 aliphatic rings. The van der Waals surface area contributed by atoms with Crippen LogP contribution in [0.25, 0.3) is 0 Å². The van der Waals surface area contributed by atoms with E-state index in [-0.39, 0.29) is 32.7 Å². The van der Waals surface area contributed by atoms with Crippen LogP contribution in [0.5, 0.6) is 0 Å². The van der Waals surface area contributed by atoms with Crippen LogP contribution in [-0.4, -0.2) is 56.1 Å². The first-order valence-electron chi connectivity index (χ1n) is 6.20. The Kier molecular flexibility index (Phi) is 13.5. The number of aliphatic hydroxyl groups is 2. The highest BCUT2D eigenvalue weighted by Gasteiger charge is 1.98. The van der Waals surface area contributed by atoms with Crippen molar-refractivity contribution in [2.45, 2.75) is 25.7 Å². The molecule has 0 aliphatic heterocycles. The molecule has 0 fully saturated rings. The third kappa shape index (κ3) is 13.2. The highest BCUT2D eigenvalue weighted by molar-refractivity contribution is 5.73. The number of urea groups is 1. The van der Waals surface area contributed by atoms with Crippen LogP contribution < -0.4 is 10.6 Å². The van der Waals surface area contributed by atoms with Crippen LogP contribution in [0, 0.1) is 0 Å². The van der Waals surface area contributed by atoms with Gasteiger partial charge >= 0.3 is 6.03 Å². The molecule has 4 N–H and O–H groups in total. The molecule has 0 unspecified atom stereocenters. The number of unbranched alkanes of at least 4 members (excludes halogenated alkanes) is 2. The minimum Gasteiger partial charge on any atom is -0.396 e. The lowest BCUT2D eigenvalue weighted by Crippen LogP contribution is -2.38. The second-order valence-electron chi connectivity index (χ2n) is 3.65. The van der Waals surface area contributed by atoms with Crippen LogP contribution in [0.15, 0.2) is 0 Å². The van der Waals surface area contributed by atoms with Crippen molar-refractivity contribution in [3.05, 3.63) is 0 Å². The van der Waals surface area contributed by atoms with Crippen molar-refractivity contribution in [3.8, 4) is 0 Å². The van der Waals surface area contributed by atoms with E-state index >= 15 is 0 Å². The number of rotatable bonds is 12. The Morgan fingerprint density at radius 1 is 0.833 bits per heavy atom. The lowest BCUT2D eigenvalue weighted by atomic mass is 10.3. The Hall–Kier alpha value is -0.890. The van der Waals surface area contributed by atoms with Crippen LogP contribution in [0.3, 0.4) is 0 Å². The maximum Gasteiger partial charge on any atom is 0.318 e. The fourth-order valence-electron chi connectivity index (χ4n) is 1.07. The maximum atomic E-state index is 11.2. The summed E-state index contributed by atoms with van der Waals surface area (Å²) >= 11 is 0. The van der Waals surface area contributed by atoms with Gasteiger partial charge in [-0.1, -0.05) is 0 Å². The first-order valence-corrected chi connectivity index (χ1v) is 6.20. The molecule has 7 heteroatoms. The lowest BCUT2D eigenvalue weighted by molar-refractivity contribution is 0.0994. The van der Waals surface area contributed by atoms with Crippen LogP contribution in [0.1, 0.15) is 25.7 Å². The average Bonchev–Trinajstić information content (AvgIpc) is 2.38. The van der Waals surface area contributed by atoms with Gasteiger partial charge in [0.2, 0.25) is 0 Å². The number of carbonyl (C=O) groups is 1. The Balaban J connectivity index is 3.12. The number of amides is 2. The summed E-state index contributed by atoms with van der Waals surface area (Å²) in [5.41, 5.74) is 0. The number of aliphatic hydroxyl groups excluding tert-OH is 2. The first kappa shape index (κ1) is 17.1. The summed E-state index contributed by atoms with van der Waals surface area (Å²) in [5, 5.41) is 22.1. The largest absolute Gasteiger partial charge is 0.396 e. The first-order chi connectivity index (χ1) is 8.81. The molecular formula is C11H24N2O5. The fraction of sp³-hybridized carbons (Fsp3) is 0.909. The Morgan fingerprint density at radius 3 is 1.67 bits per heavy atom. The minimum atomic E-state index is -0.348. The summed E-state index contributed by atoms with van der Waals surface area (Å²) in [7, 11) is 0. The molecule has 18 heavy (non-hydrogen) atoms. The van der Waals surface area contributed by atoms with Gasteiger partial charge in [0.1, 0.15) is 13.5 Å². The van der Waals surface area contributed by atoms with Crippen molar-refractivity contribution in [1.82, 2.24) is 10.6 Å². The average molecular weight is 264 g/mol. The van der Waals surface area contributed by atoms with E-state index in [4.69, 9.17) is 19.7 Å². The van der Waals surface area contributed by atoms with E-state index in [0.29, 0.717) is 26.1 Å². The van der Waals surface area contributed by atoms with E-state index in [2.05, 4.69) is 10.6 Å². The van der Waals surface area contributed by atoms with E-state index in [9.17, 15) is 4.79 Å². The molecule has 0 radical (unpaired) electrons. The zero-order valence-corrected chi connectivity index (χ0v) is 10.7.